The summed E-state index contributed by atoms with van der Waals surface area (Å²) in [6.07, 6.45) is 0.296. The zero-order valence-corrected chi connectivity index (χ0v) is 14.5. The average molecular weight is 352 g/mol. The summed E-state index contributed by atoms with van der Waals surface area (Å²) in [6, 6.07) is 4.66. The molecule has 1 heterocycles. The minimum atomic E-state index is -3.80. The Morgan fingerprint density at radius 3 is 2.48 bits per heavy atom. The van der Waals surface area contributed by atoms with Gasteiger partial charge in [0.05, 0.1) is 16.4 Å². The first-order valence-corrected chi connectivity index (χ1v) is 10.1. The average Bonchev–Trinajstić information content (AvgIpc) is 2.66. The number of nitrogens with zero attached hydrogens (tertiary/aromatic N) is 1. The van der Waals surface area contributed by atoms with Crippen molar-refractivity contribution in [2.75, 3.05) is 18.6 Å². The topological polar surface area (TPSA) is 71.5 Å². The Hall–Kier alpha value is -0.630. The van der Waals surface area contributed by atoms with Gasteiger partial charge < -0.3 is 0 Å². The van der Waals surface area contributed by atoms with Gasteiger partial charge in [-0.25, -0.2) is 16.8 Å². The molecule has 0 aliphatic carbocycles. The van der Waals surface area contributed by atoms with Gasteiger partial charge in [0.2, 0.25) is 10.0 Å². The highest BCUT2D eigenvalue weighted by Crippen LogP contribution is 2.34. The number of halogens is 1. The number of sulfonamides is 1. The van der Waals surface area contributed by atoms with E-state index in [1.807, 2.05) is 0 Å². The van der Waals surface area contributed by atoms with E-state index < -0.39 is 25.4 Å². The van der Waals surface area contributed by atoms with Crippen LogP contribution in [0, 0.1) is 6.92 Å². The van der Waals surface area contributed by atoms with E-state index in [1.165, 1.54) is 17.4 Å². The molecule has 21 heavy (non-hydrogen) atoms. The summed E-state index contributed by atoms with van der Waals surface area (Å²) in [5.41, 5.74) is -0.345. The molecule has 1 aliphatic rings. The van der Waals surface area contributed by atoms with E-state index in [9.17, 15) is 16.8 Å². The zero-order valence-electron chi connectivity index (χ0n) is 12.1. The summed E-state index contributed by atoms with van der Waals surface area (Å²) >= 11 is 5.89. The van der Waals surface area contributed by atoms with Gasteiger partial charge in [-0.15, -0.1) is 0 Å². The molecule has 0 bridgehead atoms. The van der Waals surface area contributed by atoms with Crippen LogP contribution in [0.2, 0.25) is 5.02 Å². The van der Waals surface area contributed by atoms with Crippen molar-refractivity contribution in [1.29, 1.82) is 0 Å². The third-order valence-electron chi connectivity index (χ3n) is 4.03. The predicted octanol–water partition coefficient (Wildman–Crippen LogP) is 1.85. The molecule has 8 heteroatoms. The lowest BCUT2D eigenvalue weighted by Crippen LogP contribution is -2.48. The van der Waals surface area contributed by atoms with E-state index in [0.717, 1.165) is 0 Å². The van der Waals surface area contributed by atoms with Crippen LogP contribution in [0.5, 0.6) is 0 Å². The molecule has 5 nitrogen and oxygen atoms in total. The van der Waals surface area contributed by atoms with Gasteiger partial charge in [-0.1, -0.05) is 17.7 Å². The lowest BCUT2D eigenvalue weighted by atomic mass is 10.0. The first-order valence-electron chi connectivity index (χ1n) is 6.44. The minimum Gasteiger partial charge on any atom is -0.229 e. The summed E-state index contributed by atoms with van der Waals surface area (Å²) in [5, 5.41) is 0.330. The van der Waals surface area contributed by atoms with Crippen LogP contribution in [0.3, 0.4) is 0 Å². The number of aryl methyl sites for hydroxylation is 1. The van der Waals surface area contributed by atoms with E-state index >= 15 is 0 Å². The van der Waals surface area contributed by atoms with E-state index in [4.69, 9.17) is 11.6 Å². The minimum absolute atomic E-state index is 0.0118. The van der Waals surface area contributed by atoms with Gasteiger partial charge in [-0.3, -0.25) is 0 Å². The normalized spacial score (nSPS) is 25.4. The third kappa shape index (κ3) is 3.11. The molecule has 1 aromatic rings. The first-order chi connectivity index (χ1) is 9.48. The molecule has 1 aliphatic heterocycles. The smallest absolute Gasteiger partial charge is 0.229 e. The summed E-state index contributed by atoms with van der Waals surface area (Å²) in [5.74, 6) is -0.146. The second-order valence-corrected chi connectivity index (χ2v) is 10.3. The molecule has 0 amide bonds. The molecule has 1 saturated heterocycles. The largest absolute Gasteiger partial charge is 0.243 e. The second kappa shape index (κ2) is 5.22. The van der Waals surface area contributed by atoms with Crippen LogP contribution in [0.25, 0.3) is 0 Å². The molecule has 0 N–H and O–H groups in total. The summed E-state index contributed by atoms with van der Waals surface area (Å²) < 4.78 is 50.1. The van der Waals surface area contributed by atoms with Crippen molar-refractivity contribution < 1.29 is 16.8 Å². The number of hydrogen-bond donors (Lipinski definition) is 0. The monoisotopic (exact) mass is 351 g/mol. The fourth-order valence-corrected chi connectivity index (χ4v) is 6.81. The Labute approximate surface area is 130 Å². The van der Waals surface area contributed by atoms with Crippen LogP contribution in [-0.4, -0.2) is 45.2 Å². The zero-order chi connectivity index (χ0) is 16.1. The van der Waals surface area contributed by atoms with Crippen LogP contribution in [0.1, 0.15) is 18.9 Å². The van der Waals surface area contributed by atoms with Crippen molar-refractivity contribution in [3.05, 3.63) is 28.8 Å². The molecule has 0 aromatic heterocycles. The maximum atomic E-state index is 12.8. The van der Waals surface area contributed by atoms with Crippen molar-refractivity contribution in [2.24, 2.45) is 0 Å². The first kappa shape index (κ1) is 16.7. The molecule has 0 saturated carbocycles. The fourth-order valence-electron chi connectivity index (χ4n) is 2.53. The van der Waals surface area contributed by atoms with Gasteiger partial charge in [0, 0.05) is 17.6 Å². The quantitative estimate of drug-likeness (QED) is 0.833. The Kier molecular flexibility index (Phi) is 4.16. The van der Waals surface area contributed by atoms with Crippen LogP contribution in [-0.2, 0) is 19.9 Å². The Morgan fingerprint density at radius 1 is 1.33 bits per heavy atom. The highest BCUT2D eigenvalue weighted by atomic mass is 35.5. The van der Waals surface area contributed by atoms with Gasteiger partial charge >= 0.3 is 0 Å². The van der Waals surface area contributed by atoms with Crippen molar-refractivity contribution in [3.63, 3.8) is 0 Å². The van der Waals surface area contributed by atoms with E-state index in [1.54, 1.807) is 26.0 Å². The molecular formula is C13H18ClNO4S2. The van der Waals surface area contributed by atoms with Gasteiger partial charge in [0.1, 0.15) is 0 Å². The number of rotatable bonds is 3. The van der Waals surface area contributed by atoms with Gasteiger partial charge in [0.15, 0.2) is 9.84 Å². The molecule has 0 unspecified atom stereocenters. The summed E-state index contributed by atoms with van der Waals surface area (Å²) in [7, 11) is -5.56. The van der Waals surface area contributed by atoms with Gasteiger partial charge in [-0.2, -0.15) is 4.31 Å². The van der Waals surface area contributed by atoms with Crippen LogP contribution < -0.4 is 0 Å². The predicted molar refractivity (Wildman–Crippen MR) is 82.8 cm³/mol. The van der Waals surface area contributed by atoms with Crippen LogP contribution in [0.4, 0.5) is 0 Å². The second-order valence-electron chi connectivity index (χ2n) is 5.72. The SMILES string of the molecule is Cc1ccc(Cl)cc1S(=O)(=O)N(C)[C@@]1(C)CCS(=O)(=O)C1. The Bertz CT molecular complexity index is 773. The van der Waals surface area contributed by atoms with E-state index in [-0.39, 0.29) is 16.4 Å². The Morgan fingerprint density at radius 2 is 1.95 bits per heavy atom. The molecule has 0 spiro atoms. The van der Waals surface area contributed by atoms with Crippen molar-refractivity contribution in [2.45, 2.75) is 30.7 Å². The van der Waals surface area contributed by atoms with Crippen molar-refractivity contribution in [1.82, 2.24) is 4.31 Å². The van der Waals surface area contributed by atoms with Crippen molar-refractivity contribution >= 4 is 31.5 Å². The third-order valence-corrected chi connectivity index (χ3v) is 8.31. The number of hydrogen-bond acceptors (Lipinski definition) is 4. The number of benzene rings is 1. The van der Waals surface area contributed by atoms with Gasteiger partial charge in [-0.05, 0) is 38.0 Å². The lowest BCUT2D eigenvalue weighted by molar-refractivity contribution is 0.272. The van der Waals surface area contributed by atoms with Crippen LogP contribution in [0.15, 0.2) is 23.1 Å². The molecule has 1 atom stereocenters. The van der Waals surface area contributed by atoms with Crippen molar-refractivity contribution in [3.8, 4) is 0 Å². The summed E-state index contributed by atoms with van der Waals surface area (Å²) in [6.45, 7) is 3.35. The van der Waals surface area contributed by atoms with E-state index in [0.29, 0.717) is 17.0 Å². The fraction of sp³-hybridized carbons (Fsp3) is 0.538. The highest BCUT2D eigenvalue weighted by molar-refractivity contribution is 7.92. The molecule has 118 valence electrons. The molecule has 1 fully saturated rings. The molecular weight excluding hydrogens is 334 g/mol. The maximum Gasteiger partial charge on any atom is 0.243 e. The maximum absolute atomic E-state index is 12.8. The molecule has 1 aromatic carbocycles. The lowest BCUT2D eigenvalue weighted by Gasteiger charge is -2.33. The van der Waals surface area contributed by atoms with E-state index in [2.05, 4.69) is 0 Å². The summed E-state index contributed by atoms with van der Waals surface area (Å²) in [4.78, 5) is 0.114. The van der Waals surface area contributed by atoms with Crippen LogP contribution >= 0.6 is 11.6 Å². The van der Waals surface area contributed by atoms with Gasteiger partial charge in [0.25, 0.3) is 0 Å². The number of sulfone groups is 1. The standard InChI is InChI=1S/C13H18ClNO4S2/c1-10-4-5-11(14)8-12(10)21(18,19)15(3)13(2)6-7-20(16,17)9-13/h4-5,8H,6-7,9H2,1-3H3/t13-/m0/s1. The molecule has 2 rings (SSSR count). The Balaban J connectivity index is 2.47. The molecule has 0 radical (unpaired) electrons. The highest BCUT2D eigenvalue weighted by Gasteiger charge is 2.46.